The van der Waals surface area contributed by atoms with E-state index in [4.69, 9.17) is 0 Å². The molecule has 0 aromatic rings. The average Bonchev–Trinajstić information content (AvgIpc) is 1.31. The van der Waals surface area contributed by atoms with Gasteiger partial charge in [0.05, 0.1) is 4.99 Å². The Morgan fingerprint density at radius 2 is 1.86 bits per heavy atom. The van der Waals surface area contributed by atoms with E-state index in [9.17, 15) is 9.79 Å². The van der Waals surface area contributed by atoms with Gasteiger partial charge < -0.3 is 9.79 Å². The second kappa shape index (κ2) is 2.61. The van der Waals surface area contributed by atoms with Crippen LogP contribution in [0.15, 0.2) is 0 Å². The Morgan fingerprint density at radius 3 is 1.86 bits per heavy atom. The van der Waals surface area contributed by atoms with Gasteiger partial charge in [-0.05, 0) is 6.92 Å². The summed E-state index contributed by atoms with van der Waals surface area (Å²) in [6, 6.07) is 0. The zero-order chi connectivity index (χ0) is 6.08. The summed E-state index contributed by atoms with van der Waals surface area (Å²) in [7, 11) is -1.45. The fourth-order valence-electron chi connectivity index (χ4n) is 0. The molecule has 0 N–H and O–H groups in total. The van der Waals surface area contributed by atoms with Crippen LogP contribution in [0.1, 0.15) is 6.92 Å². The number of hydrogen-bond acceptors (Lipinski definition) is 3. The lowest BCUT2D eigenvalue weighted by molar-refractivity contribution is -0.298. The first kappa shape index (κ1) is 8.13. The monoisotopic (exact) mass is 157 g/mol. The topological polar surface area (TPSA) is 46.1 Å². The highest BCUT2D eigenvalue weighted by molar-refractivity contribution is 8.21. The third-order valence-electron chi connectivity index (χ3n) is 0.521. The van der Waals surface area contributed by atoms with Crippen LogP contribution in [0.25, 0.3) is 0 Å². The largest absolute Gasteiger partial charge is 0.681 e. The van der Waals surface area contributed by atoms with E-state index < -0.39 is 12.4 Å². The summed E-state index contributed by atoms with van der Waals surface area (Å²) < 4.78 is 0. The zero-order valence-electron chi connectivity index (χ0n) is 3.87. The molecule has 2 atom stereocenters. The number of thiol groups is 1. The summed E-state index contributed by atoms with van der Waals surface area (Å²) in [4.78, 5) is 19.9. The molecule has 0 spiro atoms. The molecule has 0 bridgehead atoms. The van der Waals surface area contributed by atoms with Gasteiger partial charge in [-0.25, -0.2) is 0 Å². The molecule has 7 heavy (non-hydrogen) atoms. The Kier molecular flexibility index (Phi) is 3.03. The van der Waals surface area contributed by atoms with E-state index in [2.05, 4.69) is 12.6 Å². The van der Waals surface area contributed by atoms with Crippen molar-refractivity contribution in [3.8, 4) is 0 Å². The summed E-state index contributed by atoms with van der Waals surface area (Å²) in [5.74, 6) is 0. The van der Waals surface area contributed by atoms with E-state index in [1.54, 1.807) is 8.93 Å². The van der Waals surface area contributed by atoms with Gasteiger partial charge in [0.2, 0.25) is 0 Å². The quantitative estimate of drug-likeness (QED) is 0.416. The third-order valence-corrected chi connectivity index (χ3v) is 4.62. The second-order valence-corrected chi connectivity index (χ2v) is 6.68. The lowest BCUT2D eigenvalue weighted by Crippen LogP contribution is -2.22. The maximum Gasteiger partial charge on any atom is 0.0993 e. The fourth-order valence-corrected chi connectivity index (χ4v) is 0. The summed E-state index contributed by atoms with van der Waals surface area (Å²) in [5, 5.41) is 0. The number of rotatable bonds is 1. The predicted molar refractivity (Wildman–Crippen MR) is 35.1 cm³/mol. The summed E-state index contributed by atoms with van der Waals surface area (Å²) in [5.41, 5.74) is 0. The first-order chi connectivity index (χ1) is 2.94. The van der Waals surface area contributed by atoms with Crippen LogP contribution in [0.5, 0.6) is 0 Å². The van der Waals surface area contributed by atoms with Crippen LogP contribution in [-0.2, 0) is 0 Å². The van der Waals surface area contributed by atoms with E-state index in [1.807, 2.05) is 0 Å². The Morgan fingerprint density at radius 1 is 1.71 bits per heavy atom. The molecular weight excluding hydrogens is 150 g/mol. The van der Waals surface area contributed by atoms with Gasteiger partial charge in [0, 0.05) is 8.93 Å². The van der Waals surface area contributed by atoms with Gasteiger partial charge in [0.25, 0.3) is 0 Å². The Labute approximate surface area is 51.3 Å². The molecule has 2 nitrogen and oxygen atoms in total. The molecule has 0 amide bonds. The van der Waals surface area contributed by atoms with Crippen LogP contribution < -0.4 is 9.79 Å². The minimum atomic E-state index is -3.21. The molecule has 0 aliphatic heterocycles. The molecule has 0 fully saturated rings. The summed E-state index contributed by atoms with van der Waals surface area (Å²) in [6.45, 7) is 1.52. The van der Waals surface area contributed by atoms with E-state index in [1.165, 1.54) is 6.92 Å². The summed E-state index contributed by atoms with van der Waals surface area (Å²) in [6.07, 6.45) is 0. The van der Waals surface area contributed by atoms with Crippen LogP contribution in [0, 0.1) is 0 Å². The van der Waals surface area contributed by atoms with Crippen molar-refractivity contribution in [3.05, 3.63) is 0 Å². The minimum Gasteiger partial charge on any atom is -0.681 e. The van der Waals surface area contributed by atoms with Crippen LogP contribution in [-0.4, -0.2) is 4.99 Å². The molecule has 0 aliphatic rings. The highest BCUT2D eigenvalue weighted by Gasteiger charge is 2.08. The Bertz CT molecular complexity index is 59.2. The SMILES string of the molecule is CC(S)[P+]([O-])([O-])P. The van der Waals surface area contributed by atoms with Crippen molar-refractivity contribution in [3.63, 3.8) is 0 Å². The standard InChI is InChI=1S/C2H8O2P2S/c1-2(7)6(3,4)5/h2,7H,5H2,1H3,(H,3,4)/p-1. The van der Waals surface area contributed by atoms with Crippen LogP contribution in [0.3, 0.4) is 0 Å². The van der Waals surface area contributed by atoms with Gasteiger partial charge in [-0.2, -0.15) is 0 Å². The molecule has 5 heteroatoms. The van der Waals surface area contributed by atoms with Gasteiger partial charge in [-0.1, -0.05) is 7.40 Å². The maximum atomic E-state index is 10.2. The van der Waals surface area contributed by atoms with Gasteiger partial charge in [0.1, 0.15) is 0 Å². The predicted octanol–water partition coefficient (Wildman–Crippen LogP) is -0.380. The molecular formula is C2H7O2P2S-. The van der Waals surface area contributed by atoms with Crippen LogP contribution in [0.4, 0.5) is 0 Å². The molecule has 2 unspecified atom stereocenters. The van der Waals surface area contributed by atoms with Gasteiger partial charge in [0.15, 0.2) is 0 Å². The van der Waals surface area contributed by atoms with E-state index in [0.717, 1.165) is 0 Å². The first-order valence-corrected chi connectivity index (χ1v) is 5.55. The fraction of sp³-hybridized carbons (Fsp3) is 1.00. The van der Waals surface area contributed by atoms with Crippen LogP contribution >= 0.6 is 29.0 Å². The molecule has 0 saturated heterocycles. The Balaban J connectivity index is 3.54. The highest BCUT2D eigenvalue weighted by atomic mass is 32.1. The molecule has 0 aromatic carbocycles. The molecule has 44 valence electrons. The minimum absolute atomic E-state index is 0.544. The van der Waals surface area contributed by atoms with Crippen molar-refractivity contribution >= 4 is 29.0 Å². The van der Waals surface area contributed by atoms with Crippen molar-refractivity contribution in [2.45, 2.75) is 11.9 Å². The molecule has 0 heterocycles. The molecule has 0 aromatic heterocycles. The smallest absolute Gasteiger partial charge is 0.0993 e. The molecule has 0 radical (unpaired) electrons. The number of hydrogen-bond donors (Lipinski definition) is 1. The third kappa shape index (κ3) is 3.69. The highest BCUT2D eigenvalue weighted by Crippen LogP contribution is 2.55. The average molecular weight is 157 g/mol. The van der Waals surface area contributed by atoms with E-state index in [-0.39, 0.29) is 0 Å². The zero-order valence-corrected chi connectivity index (χ0v) is 6.81. The first-order valence-electron chi connectivity index (χ1n) is 1.72. The summed E-state index contributed by atoms with van der Waals surface area (Å²) >= 11 is 3.68. The second-order valence-electron chi connectivity index (χ2n) is 1.28. The van der Waals surface area contributed by atoms with E-state index >= 15 is 0 Å². The van der Waals surface area contributed by atoms with Crippen LogP contribution in [0.2, 0.25) is 0 Å². The van der Waals surface area contributed by atoms with Crippen molar-refractivity contribution in [2.75, 3.05) is 0 Å². The van der Waals surface area contributed by atoms with Gasteiger partial charge in [-0.3, -0.25) is 0 Å². The lowest BCUT2D eigenvalue weighted by atomic mass is 11.0. The van der Waals surface area contributed by atoms with Crippen molar-refractivity contribution in [1.29, 1.82) is 0 Å². The van der Waals surface area contributed by atoms with Gasteiger partial charge in [-0.15, -0.1) is 12.6 Å². The van der Waals surface area contributed by atoms with Crippen molar-refractivity contribution in [1.82, 2.24) is 0 Å². The normalized spacial score (nSPS) is 16.7. The molecule has 0 aliphatic carbocycles. The maximum absolute atomic E-state index is 10.2. The lowest BCUT2D eigenvalue weighted by Gasteiger charge is -2.34. The van der Waals surface area contributed by atoms with Crippen molar-refractivity contribution < 1.29 is 9.79 Å². The van der Waals surface area contributed by atoms with E-state index in [0.29, 0.717) is 0 Å². The Hall–Kier alpha value is 1.13. The molecule has 0 saturated carbocycles. The molecule has 0 rings (SSSR count). The van der Waals surface area contributed by atoms with Gasteiger partial charge >= 0.3 is 0 Å². The van der Waals surface area contributed by atoms with Crippen molar-refractivity contribution in [2.24, 2.45) is 0 Å².